The lowest BCUT2D eigenvalue weighted by Gasteiger charge is -2.34. The summed E-state index contributed by atoms with van der Waals surface area (Å²) in [6, 6.07) is 16.9. The third-order valence-corrected chi connectivity index (χ3v) is 5.60. The van der Waals surface area contributed by atoms with Crippen molar-refractivity contribution in [1.29, 1.82) is 0 Å². The fraction of sp³-hybridized carbons (Fsp3) is 0.458. The largest absolute Gasteiger partial charge is 0.348 e. The molecule has 3 rings (SSSR count). The topological polar surface area (TPSA) is 35.6 Å². The molecule has 1 saturated heterocycles. The Morgan fingerprint density at radius 1 is 0.966 bits per heavy atom. The van der Waals surface area contributed by atoms with Gasteiger partial charge in [0, 0.05) is 32.7 Å². The number of benzene rings is 2. The zero-order valence-electron chi connectivity index (χ0n) is 17.5. The van der Waals surface area contributed by atoms with Crippen LogP contribution in [-0.2, 0) is 11.2 Å². The fourth-order valence-corrected chi connectivity index (χ4v) is 3.83. The van der Waals surface area contributed by atoms with Gasteiger partial charge in [-0.3, -0.25) is 9.69 Å². The van der Waals surface area contributed by atoms with Crippen LogP contribution in [0.4, 0.5) is 4.39 Å². The molecule has 1 atom stereocenters. The van der Waals surface area contributed by atoms with Gasteiger partial charge >= 0.3 is 0 Å². The van der Waals surface area contributed by atoms with Gasteiger partial charge in [-0.1, -0.05) is 56.3 Å². The van der Waals surface area contributed by atoms with Crippen LogP contribution in [0.15, 0.2) is 54.6 Å². The van der Waals surface area contributed by atoms with Crippen molar-refractivity contribution in [2.45, 2.75) is 26.3 Å². The Kier molecular flexibility index (Phi) is 7.78. The molecule has 0 radical (unpaired) electrons. The van der Waals surface area contributed by atoms with Crippen LogP contribution in [-0.4, -0.2) is 55.0 Å². The summed E-state index contributed by atoms with van der Waals surface area (Å²) in [6.07, 6.45) is 1.06. The van der Waals surface area contributed by atoms with Gasteiger partial charge in [-0.2, -0.15) is 0 Å². The van der Waals surface area contributed by atoms with Crippen molar-refractivity contribution in [2.75, 3.05) is 39.3 Å². The molecule has 29 heavy (non-hydrogen) atoms. The smallest absolute Gasteiger partial charge is 0.234 e. The first-order valence-corrected chi connectivity index (χ1v) is 10.5. The second kappa shape index (κ2) is 10.5. The van der Waals surface area contributed by atoms with Gasteiger partial charge in [0.25, 0.3) is 0 Å². The Bertz CT molecular complexity index is 755. The average molecular weight is 398 g/mol. The Morgan fingerprint density at radius 2 is 1.59 bits per heavy atom. The number of nitrogens with zero attached hydrogens (tertiary/aromatic N) is 2. The van der Waals surface area contributed by atoms with Crippen molar-refractivity contribution >= 4 is 5.91 Å². The minimum atomic E-state index is -0.257. The summed E-state index contributed by atoms with van der Waals surface area (Å²) < 4.78 is 13.2. The van der Waals surface area contributed by atoms with Gasteiger partial charge in [0.15, 0.2) is 0 Å². The Morgan fingerprint density at radius 3 is 2.21 bits per heavy atom. The van der Waals surface area contributed by atoms with E-state index in [0.29, 0.717) is 6.54 Å². The first kappa shape index (κ1) is 21.5. The lowest BCUT2D eigenvalue weighted by molar-refractivity contribution is -0.123. The van der Waals surface area contributed by atoms with Gasteiger partial charge in [0.2, 0.25) is 5.91 Å². The van der Waals surface area contributed by atoms with E-state index in [-0.39, 0.29) is 23.7 Å². The summed E-state index contributed by atoms with van der Waals surface area (Å²) in [4.78, 5) is 17.3. The molecule has 1 unspecified atom stereocenters. The number of hydrogen-bond donors (Lipinski definition) is 1. The molecule has 5 heteroatoms. The molecule has 0 aliphatic carbocycles. The molecular weight excluding hydrogens is 365 g/mol. The molecule has 4 nitrogen and oxygen atoms in total. The molecular formula is C24H32FN3O. The number of amides is 1. The molecule has 1 N–H and O–H groups in total. The van der Waals surface area contributed by atoms with Crippen molar-refractivity contribution in [3.63, 3.8) is 0 Å². The van der Waals surface area contributed by atoms with E-state index < -0.39 is 0 Å². The number of piperazine rings is 1. The zero-order chi connectivity index (χ0) is 20.6. The number of rotatable bonds is 8. The summed E-state index contributed by atoms with van der Waals surface area (Å²) in [5, 5.41) is 3.14. The van der Waals surface area contributed by atoms with Crippen molar-refractivity contribution in [1.82, 2.24) is 15.1 Å². The van der Waals surface area contributed by atoms with Gasteiger partial charge in [-0.25, -0.2) is 4.39 Å². The number of carbonyl (C=O) groups excluding carboxylic acids is 1. The van der Waals surface area contributed by atoms with Gasteiger partial charge in [0.05, 0.1) is 12.6 Å². The van der Waals surface area contributed by atoms with E-state index in [0.717, 1.165) is 44.7 Å². The van der Waals surface area contributed by atoms with Gasteiger partial charge in [-0.05, 0) is 35.6 Å². The van der Waals surface area contributed by atoms with E-state index in [2.05, 4.69) is 53.2 Å². The minimum Gasteiger partial charge on any atom is -0.348 e. The summed E-state index contributed by atoms with van der Waals surface area (Å²) in [5.74, 6) is 0.0118. The van der Waals surface area contributed by atoms with Crippen LogP contribution in [0.1, 0.15) is 31.0 Å². The van der Waals surface area contributed by atoms with Crippen molar-refractivity contribution in [2.24, 2.45) is 5.92 Å². The maximum absolute atomic E-state index is 13.2. The van der Waals surface area contributed by atoms with Crippen molar-refractivity contribution in [3.05, 3.63) is 71.5 Å². The van der Waals surface area contributed by atoms with E-state index in [4.69, 9.17) is 0 Å². The summed E-state index contributed by atoms with van der Waals surface area (Å²) >= 11 is 0. The summed E-state index contributed by atoms with van der Waals surface area (Å²) in [6.45, 7) is 9.41. The van der Waals surface area contributed by atoms with Crippen LogP contribution >= 0.6 is 0 Å². The van der Waals surface area contributed by atoms with Crippen LogP contribution in [0.2, 0.25) is 0 Å². The highest BCUT2D eigenvalue weighted by Gasteiger charge is 2.22. The van der Waals surface area contributed by atoms with E-state index in [1.54, 1.807) is 12.1 Å². The molecule has 1 amide bonds. The van der Waals surface area contributed by atoms with E-state index in [1.807, 2.05) is 6.07 Å². The third-order valence-electron chi connectivity index (χ3n) is 5.60. The Hall–Kier alpha value is -2.24. The molecule has 1 heterocycles. The average Bonchev–Trinajstić information content (AvgIpc) is 2.73. The first-order valence-electron chi connectivity index (χ1n) is 10.5. The Labute approximate surface area is 173 Å². The summed E-state index contributed by atoms with van der Waals surface area (Å²) in [7, 11) is 0. The van der Waals surface area contributed by atoms with Crippen LogP contribution in [0.25, 0.3) is 0 Å². The number of nitrogens with one attached hydrogen (secondary N) is 1. The lowest BCUT2D eigenvalue weighted by Crippen LogP contribution is -2.50. The highest BCUT2D eigenvalue weighted by Crippen LogP contribution is 2.22. The molecule has 156 valence electrons. The second-order valence-electron chi connectivity index (χ2n) is 8.19. The molecule has 0 saturated carbocycles. The van der Waals surface area contributed by atoms with Crippen molar-refractivity contribution in [3.8, 4) is 0 Å². The SMILES string of the molecule is CC(C)C(NC(=O)CN1CCN(CCc2ccccc2)CC1)c1ccc(F)cc1. The lowest BCUT2D eigenvalue weighted by atomic mass is 9.96. The Balaban J connectivity index is 1.43. The highest BCUT2D eigenvalue weighted by atomic mass is 19.1. The van der Waals surface area contributed by atoms with E-state index >= 15 is 0 Å². The first-order chi connectivity index (χ1) is 14.0. The standard InChI is InChI=1S/C24H32FN3O/c1-19(2)24(21-8-10-22(25)11-9-21)26-23(29)18-28-16-14-27(15-17-28)13-12-20-6-4-3-5-7-20/h3-11,19,24H,12-18H2,1-2H3,(H,26,29). The highest BCUT2D eigenvalue weighted by molar-refractivity contribution is 5.78. The van der Waals surface area contributed by atoms with Crippen LogP contribution in [0.5, 0.6) is 0 Å². The van der Waals surface area contributed by atoms with Crippen molar-refractivity contribution < 1.29 is 9.18 Å². The fourth-order valence-electron chi connectivity index (χ4n) is 3.83. The number of halogens is 1. The van der Waals surface area contributed by atoms with E-state index in [9.17, 15) is 9.18 Å². The normalized spacial score (nSPS) is 16.7. The summed E-state index contributed by atoms with van der Waals surface area (Å²) in [5.41, 5.74) is 2.32. The molecule has 0 aromatic heterocycles. The maximum atomic E-state index is 13.2. The minimum absolute atomic E-state index is 0.0331. The number of carbonyl (C=O) groups is 1. The molecule has 2 aromatic rings. The maximum Gasteiger partial charge on any atom is 0.234 e. The molecule has 1 aliphatic heterocycles. The predicted molar refractivity (Wildman–Crippen MR) is 115 cm³/mol. The molecule has 2 aromatic carbocycles. The molecule has 1 aliphatic rings. The zero-order valence-corrected chi connectivity index (χ0v) is 17.5. The van der Waals surface area contributed by atoms with Gasteiger partial charge in [0.1, 0.15) is 5.82 Å². The quantitative estimate of drug-likeness (QED) is 0.741. The number of hydrogen-bond acceptors (Lipinski definition) is 3. The predicted octanol–water partition coefficient (Wildman–Crippen LogP) is 3.50. The molecule has 0 spiro atoms. The molecule has 1 fully saturated rings. The van der Waals surface area contributed by atoms with Crippen LogP contribution < -0.4 is 5.32 Å². The monoisotopic (exact) mass is 397 g/mol. The second-order valence-corrected chi connectivity index (χ2v) is 8.19. The molecule has 0 bridgehead atoms. The van der Waals surface area contributed by atoms with Crippen LogP contribution in [0, 0.1) is 11.7 Å². The third kappa shape index (κ3) is 6.65. The van der Waals surface area contributed by atoms with Crippen LogP contribution in [0.3, 0.4) is 0 Å². The van der Waals surface area contributed by atoms with Gasteiger partial charge in [-0.15, -0.1) is 0 Å². The van der Waals surface area contributed by atoms with E-state index in [1.165, 1.54) is 17.7 Å². The van der Waals surface area contributed by atoms with Gasteiger partial charge < -0.3 is 10.2 Å².